The van der Waals surface area contributed by atoms with E-state index in [2.05, 4.69) is 32.3 Å². The normalized spacial score (nSPS) is 30.5. The maximum absolute atomic E-state index is 2.66. The Kier molecular flexibility index (Phi) is 2.19. The molecule has 1 heterocycles. The second-order valence-corrected chi connectivity index (χ2v) is 5.93. The van der Waals surface area contributed by atoms with Crippen LogP contribution in [0.5, 0.6) is 0 Å². The first-order valence-electron chi connectivity index (χ1n) is 4.60. The topological polar surface area (TPSA) is 3.24 Å². The highest BCUT2D eigenvalue weighted by Gasteiger charge is 2.37. The molecule has 66 valence electrons. The lowest BCUT2D eigenvalue weighted by molar-refractivity contribution is 0.0577. The van der Waals surface area contributed by atoms with Crippen LogP contribution in [0.3, 0.4) is 0 Å². The van der Waals surface area contributed by atoms with Crippen LogP contribution in [0.15, 0.2) is 0 Å². The van der Waals surface area contributed by atoms with Gasteiger partial charge in [-0.05, 0) is 47.0 Å². The molecule has 0 radical (unpaired) electrons. The van der Waals surface area contributed by atoms with Gasteiger partial charge < -0.3 is 4.57 Å². The summed E-state index contributed by atoms with van der Waals surface area (Å²) in [4.78, 5) is 0. The molecule has 0 amide bonds. The highest BCUT2D eigenvalue weighted by Crippen LogP contribution is 2.35. The quantitative estimate of drug-likeness (QED) is 0.497. The van der Waals surface area contributed by atoms with Gasteiger partial charge in [-0.15, -0.1) is 0 Å². The molecule has 1 fully saturated rings. The summed E-state index contributed by atoms with van der Waals surface area (Å²) in [5.41, 5.74) is 0.932. The van der Waals surface area contributed by atoms with Gasteiger partial charge in [0.2, 0.25) is 0 Å². The van der Waals surface area contributed by atoms with E-state index in [-0.39, 0.29) is 0 Å². The third-order valence-corrected chi connectivity index (χ3v) is 5.81. The summed E-state index contributed by atoms with van der Waals surface area (Å²) in [7, 11) is 1.20. The highest BCUT2D eigenvalue weighted by atomic mass is 28.2. The van der Waals surface area contributed by atoms with Crippen LogP contribution in [-0.4, -0.2) is 26.0 Å². The van der Waals surface area contributed by atoms with Crippen molar-refractivity contribution in [2.45, 2.75) is 58.0 Å². The maximum Gasteiger partial charge on any atom is 0.0797 e. The molecule has 1 nitrogen and oxygen atoms in total. The van der Waals surface area contributed by atoms with Crippen molar-refractivity contribution in [3.63, 3.8) is 0 Å². The van der Waals surface area contributed by atoms with Crippen molar-refractivity contribution in [1.82, 2.24) is 4.57 Å². The van der Waals surface area contributed by atoms with E-state index in [9.17, 15) is 0 Å². The minimum absolute atomic E-state index is 0.466. The monoisotopic (exact) mass is 171 g/mol. The molecule has 1 aliphatic rings. The van der Waals surface area contributed by atoms with Crippen LogP contribution in [0, 0.1) is 0 Å². The van der Waals surface area contributed by atoms with Crippen LogP contribution >= 0.6 is 0 Å². The first kappa shape index (κ1) is 9.27. The Balaban J connectivity index is 2.76. The summed E-state index contributed by atoms with van der Waals surface area (Å²) < 4.78 is 2.66. The molecule has 0 atom stereocenters. The molecular formula is C9H21NSi. The average molecular weight is 171 g/mol. The Labute approximate surface area is 73.7 Å². The van der Waals surface area contributed by atoms with E-state index < -0.39 is 0 Å². The molecule has 0 saturated carbocycles. The Morgan fingerprint density at radius 1 is 1.00 bits per heavy atom. The largest absolute Gasteiger partial charge is 0.323 e. The van der Waals surface area contributed by atoms with Gasteiger partial charge in [-0.1, -0.05) is 0 Å². The van der Waals surface area contributed by atoms with E-state index in [1.165, 1.54) is 29.7 Å². The zero-order valence-electron chi connectivity index (χ0n) is 8.57. The van der Waals surface area contributed by atoms with Crippen molar-refractivity contribution in [2.75, 3.05) is 0 Å². The molecule has 1 aliphatic heterocycles. The molecule has 2 heteroatoms. The predicted octanol–water partition coefficient (Wildman–Crippen LogP) is 1.31. The molecule has 1 saturated heterocycles. The van der Waals surface area contributed by atoms with Gasteiger partial charge in [-0.3, -0.25) is 0 Å². The molecule has 11 heavy (non-hydrogen) atoms. The second kappa shape index (κ2) is 2.59. The van der Waals surface area contributed by atoms with Gasteiger partial charge in [0.15, 0.2) is 0 Å². The SMILES string of the molecule is CC1(C)CCCC(C)(C)N1[SiH3]. The summed E-state index contributed by atoms with van der Waals surface area (Å²) >= 11 is 0. The van der Waals surface area contributed by atoms with E-state index in [1.807, 2.05) is 0 Å². The Morgan fingerprint density at radius 2 is 1.36 bits per heavy atom. The predicted molar refractivity (Wildman–Crippen MR) is 53.8 cm³/mol. The highest BCUT2D eigenvalue weighted by molar-refractivity contribution is 6.05. The van der Waals surface area contributed by atoms with Crippen LogP contribution in [0.1, 0.15) is 47.0 Å². The third-order valence-electron chi connectivity index (χ3n) is 3.39. The van der Waals surface area contributed by atoms with Crippen molar-refractivity contribution in [3.8, 4) is 0 Å². The summed E-state index contributed by atoms with van der Waals surface area (Å²) in [6.45, 7) is 9.50. The lowest BCUT2D eigenvalue weighted by Gasteiger charge is -2.51. The molecular weight excluding hydrogens is 150 g/mol. The van der Waals surface area contributed by atoms with Gasteiger partial charge in [0.25, 0.3) is 0 Å². The summed E-state index contributed by atoms with van der Waals surface area (Å²) in [5, 5.41) is 0. The van der Waals surface area contributed by atoms with Gasteiger partial charge in [-0.2, -0.15) is 0 Å². The first-order chi connectivity index (χ1) is 4.86. The van der Waals surface area contributed by atoms with Crippen LogP contribution in [0.25, 0.3) is 0 Å². The van der Waals surface area contributed by atoms with E-state index >= 15 is 0 Å². The van der Waals surface area contributed by atoms with Gasteiger partial charge in [0.05, 0.1) is 10.4 Å². The zero-order chi connectivity index (χ0) is 8.70. The molecule has 0 aromatic carbocycles. The minimum Gasteiger partial charge on any atom is -0.323 e. The molecule has 0 bridgehead atoms. The molecule has 0 aliphatic carbocycles. The van der Waals surface area contributed by atoms with Crippen LogP contribution in [0.4, 0.5) is 0 Å². The van der Waals surface area contributed by atoms with E-state index in [1.54, 1.807) is 0 Å². The van der Waals surface area contributed by atoms with Gasteiger partial charge >= 0.3 is 0 Å². The van der Waals surface area contributed by atoms with Crippen molar-refractivity contribution in [1.29, 1.82) is 0 Å². The fraction of sp³-hybridized carbons (Fsp3) is 1.00. The van der Waals surface area contributed by atoms with Crippen molar-refractivity contribution in [2.24, 2.45) is 0 Å². The summed E-state index contributed by atoms with van der Waals surface area (Å²) in [6, 6.07) is 0. The van der Waals surface area contributed by atoms with E-state index in [0.29, 0.717) is 11.1 Å². The number of hydrogen-bond acceptors (Lipinski definition) is 1. The van der Waals surface area contributed by atoms with Gasteiger partial charge in [-0.25, -0.2) is 0 Å². The maximum atomic E-state index is 2.66. The standard InChI is InChI=1S/C9H21NSi/c1-8(2)6-5-7-9(3,4)10(8)11/h5-7H2,1-4,11H3. The average Bonchev–Trinajstić information content (AvgIpc) is 1.82. The number of hydrogen-bond donors (Lipinski definition) is 0. The lowest BCUT2D eigenvalue weighted by atomic mass is 9.83. The molecule has 0 unspecified atom stereocenters. The van der Waals surface area contributed by atoms with Gasteiger partial charge in [0.1, 0.15) is 0 Å². The van der Waals surface area contributed by atoms with Crippen LogP contribution < -0.4 is 0 Å². The molecule has 0 N–H and O–H groups in total. The zero-order valence-corrected chi connectivity index (χ0v) is 10.6. The molecule has 0 aromatic rings. The van der Waals surface area contributed by atoms with Gasteiger partial charge in [0, 0.05) is 11.1 Å². The summed E-state index contributed by atoms with van der Waals surface area (Å²) in [5.74, 6) is 0. The third kappa shape index (κ3) is 1.67. The number of nitrogens with zero attached hydrogens (tertiary/aromatic N) is 1. The lowest BCUT2D eigenvalue weighted by Crippen LogP contribution is -2.57. The molecule has 1 rings (SSSR count). The Bertz CT molecular complexity index is 136. The number of piperidine rings is 1. The van der Waals surface area contributed by atoms with Crippen LogP contribution in [0.2, 0.25) is 0 Å². The van der Waals surface area contributed by atoms with Crippen molar-refractivity contribution >= 4 is 10.4 Å². The molecule has 0 spiro atoms. The first-order valence-corrected chi connectivity index (χ1v) is 5.50. The smallest absolute Gasteiger partial charge is 0.0797 e. The second-order valence-electron chi connectivity index (χ2n) is 5.04. The Hall–Kier alpha value is 0.177. The fourth-order valence-electron chi connectivity index (χ4n) is 2.11. The van der Waals surface area contributed by atoms with E-state index in [4.69, 9.17) is 0 Å². The van der Waals surface area contributed by atoms with Crippen LogP contribution in [-0.2, 0) is 0 Å². The fourth-order valence-corrected chi connectivity index (χ4v) is 2.56. The number of rotatable bonds is 0. The van der Waals surface area contributed by atoms with E-state index in [0.717, 1.165) is 0 Å². The molecule has 0 aromatic heterocycles. The van der Waals surface area contributed by atoms with Crippen molar-refractivity contribution in [3.05, 3.63) is 0 Å². The van der Waals surface area contributed by atoms with Crippen molar-refractivity contribution < 1.29 is 0 Å². The minimum atomic E-state index is 0.466. The Morgan fingerprint density at radius 3 is 1.64 bits per heavy atom. The summed E-state index contributed by atoms with van der Waals surface area (Å²) in [6.07, 6.45) is 4.15.